The first-order valence-corrected chi connectivity index (χ1v) is 10.7. The van der Waals surface area contributed by atoms with Crippen molar-refractivity contribution in [3.8, 4) is 0 Å². The average Bonchev–Trinajstić information content (AvgIpc) is 3.18. The molecule has 1 fully saturated rings. The summed E-state index contributed by atoms with van der Waals surface area (Å²) in [6, 6.07) is 20.9. The number of halogens is 1. The highest BCUT2D eigenvalue weighted by Gasteiger charge is 2.34. The van der Waals surface area contributed by atoms with Crippen molar-refractivity contribution >= 4 is 24.1 Å². The monoisotopic (exact) mass is 445 g/mol. The van der Waals surface area contributed by atoms with Gasteiger partial charge in [0.25, 0.3) is 0 Å². The normalized spacial score (nSPS) is 20.9. The van der Waals surface area contributed by atoms with Gasteiger partial charge in [-0.1, -0.05) is 60.7 Å². The number of pyridine rings is 1. The Labute approximate surface area is 190 Å². The van der Waals surface area contributed by atoms with Gasteiger partial charge in [-0.05, 0) is 42.0 Å². The molecular weight excluding hydrogens is 422 g/mol. The van der Waals surface area contributed by atoms with Crippen molar-refractivity contribution in [3.05, 3.63) is 105 Å². The summed E-state index contributed by atoms with van der Waals surface area (Å²) in [6.07, 6.45) is 7.22. The smallest absolute Gasteiger partial charge is 0.321 e. The number of rotatable bonds is 3. The van der Waals surface area contributed by atoms with Crippen LogP contribution in [-0.4, -0.2) is 14.6 Å². The number of nitrogens with two attached hydrogens (primary N) is 1. The fourth-order valence-electron chi connectivity index (χ4n) is 4.85. The van der Waals surface area contributed by atoms with Crippen molar-refractivity contribution in [2.75, 3.05) is 0 Å². The van der Waals surface area contributed by atoms with Crippen LogP contribution < -0.4 is 22.0 Å². The number of aromatic amines is 1. The van der Waals surface area contributed by atoms with Crippen molar-refractivity contribution in [2.24, 2.45) is 10.7 Å². The molecule has 0 bridgehead atoms. The standard InChI is InChI=1S/C25H23N5O.ClH/c26-25(12-4-13-25)18-9-7-17(8-10-18)22-19(16-5-2-1-3-6-16)15-20-21(27-22)11-14-30-23(20)28-29-24(30)31;/h1-3,5-11,14-15,19,22H,4,12-13,26H2,(H,29,31);1H. The third-order valence-corrected chi connectivity index (χ3v) is 6.82. The minimum atomic E-state index is -0.244. The Morgan fingerprint density at radius 3 is 2.44 bits per heavy atom. The fraction of sp³-hybridized carbons (Fsp3) is 0.240. The van der Waals surface area contributed by atoms with Crippen LogP contribution in [0.15, 0.2) is 76.6 Å². The minimum absolute atomic E-state index is 0. The maximum Gasteiger partial charge on any atom is 0.347 e. The van der Waals surface area contributed by atoms with Gasteiger partial charge in [-0.15, -0.1) is 12.4 Å². The molecule has 0 spiro atoms. The summed E-state index contributed by atoms with van der Waals surface area (Å²) in [4.78, 5) is 17.2. The molecule has 0 saturated heterocycles. The number of aromatic nitrogens is 3. The number of hydrogen-bond acceptors (Lipinski definition) is 4. The van der Waals surface area contributed by atoms with Crippen LogP contribution in [0.3, 0.4) is 0 Å². The SMILES string of the molecule is Cl.NC1(c2ccc(C3N=c4ccn5c(=O)[nH]nc5c4=CC3c3ccccc3)cc2)CCC1. The van der Waals surface area contributed by atoms with Crippen LogP contribution in [0.25, 0.3) is 11.7 Å². The second-order valence-electron chi connectivity index (χ2n) is 8.65. The quantitative estimate of drug-likeness (QED) is 0.508. The lowest BCUT2D eigenvalue weighted by Crippen LogP contribution is -2.43. The summed E-state index contributed by atoms with van der Waals surface area (Å²) in [7, 11) is 0. The summed E-state index contributed by atoms with van der Waals surface area (Å²) in [5, 5.41) is 8.51. The molecular formula is C25H24ClN5O. The highest BCUT2D eigenvalue weighted by atomic mass is 35.5. The van der Waals surface area contributed by atoms with Gasteiger partial charge in [0.05, 0.1) is 11.4 Å². The van der Waals surface area contributed by atoms with E-state index in [0.29, 0.717) is 5.65 Å². The third-order valence-electron chi connectivity index (χ3n) is 6.82. The Hall–Kier alpha value is -3.22. The molecule has 1 saturated carbocycles. The fourth-order valence-corrected chi connectivity index (χ4v) is 4.85. The lowest BCUT2D eigenvalue weighted by Gasteiger charge is -2.38. The van der Waals surface area contributed by atoms with E-state index in [9.17, 15) is 4.79 Å². The largest absolute Gasteiger partial charge is 0.347 e. The molecule has 162 valence electrons. The van der Waals surface area contributed by atoms with Crippen molar-refractivity contribution in [1.29, 1.82) is 0 Å². The van der Waals surface area contributed by atoms with Crippen molar-refractivity contribution in [1.82, 2.24) is 14.6 Å². The van der Waals surface area contributed by atoms with Gasteiger partial charge in [0.1, 0.15) is 0 Å². The van der Waals surface area contributed by atoms with Gasteiger partial charge in [-0.3, -0.25) is 4.99 Å². The van der Waals surface area contributed by atoms with Gasteiger partial charge >= 0.3 is 5.69 Å². The number of hydrogen-bond donors (Lipinski definition) is 2. The Morgan fingerprint density at radius 1 is 1.00 bits per heavy atom. The lowest BCUT2D eigenvalue weighted by atomic mass is 9.72. The van der Waals surface area contributed by atoms with Crippen molar-refractivity contribution in [2.45, 2.75) is 36.8 Å². The molecule has 6 rings (SSSR count). The zero-order chi connectivity index (χ0) is 21.0. The number of nitrogens with zero attached hydrogens (tertiary/aromatic N) is 3. The predicted molar refractivity (Wildman–Crippen MR) is 126 cm³/mol. The van der Waals surface area contributed by atoms with Gasteiger partial charge in [-0.25, -0.2) is 14.3 Å². The molecule has 4 aromatic rings. The Balaban J connectivity index is 0.00000216. The van der Waals surface area contributed by atoms with Gasteiger partial charge < -0.3 is 5.73 Å². The van der Waals surface area contributed by atoms with E-state index in [0.717, 1.165) is 29.0 Å². The lowest BCUT2D eigenvalue weighted by molar-refractivity contribution is 0.253. The average molecular weight is 446 g/mol. The number of fused-ring (bicyclic) bond motifs is 3. The van der Waals surface area contributed by atoms with E-state index < -0.39 is 0 Å². The molecule has 0 amide bonds. The Morgan fingerprint density at radius 2 is 1.75 bits per heavy atom. The Bertz CT molecular complexity index is 1450. The molecule has 2 atom stereocenters. The molecule has 7 heteroatoms. The molecule has 2 aromatic heterocycles. The van der Waals surface area contributed by atoms with Crippen LogP contribution in [0.4, 0.5) is 0 Å². The molecule has 2 aliphatic rings. The summed E-state index contributed by atoms with van der Waals surface area (Å²) in [5.74, 6) is 0.0353. The van der Waals surface area contributed by atoms with Crippen LogP contribution in [0.5, 0.6) is 0 Å². The summed E-state index contributed by atoms with van der Waals surface area (Å²) < 4.78 is 1.53. The van der Waals surface area contributed by atoms with Gasteiger partial charge in [-0.2, -0.15) is 5.10 Å². The first kappa shape index (κ1) is 20.7. The highest BCUT2D eigenvalue weighted by Crippen LogP contribution is 2.40. The van der Waals surface area contributed by atoms with Crippen LogP contribution in [-0.2, 0) is 5.54 Å². The molecule has 32 heavy (non-hydrogen) atoms. The van der Waals surface area contributed by atoms with Crippen LogP contribution in [0.1, 0.15) is 47.9 Å². The van der Waals surface area contributed by atoms with E-state index in [4.69, 9.17) is 10.7 Å². The molecule has 3 N–H and O–H groups in total. The van der Waals surface area contributed by atoms with E-state index in [2.05, 4.69) is 52.7 Å². The van der Waals surface area contributed by atoms with E-state index in [-0.39, 0.29) is 35.6 Å². The zero-order valence-electron chi connectivity index (χ0n) is 17.4. The molecule has 1 aliphatic heterocycles. The number of benzene rings is 2. The predicted octanol–water partition coefficient (Wildman–Crippen LogP) is 2.72. The molecule has 0 radical (unpaired) electrons. The minimum Gasteiger partial charge on any atom is -0.321 e. The maximum absolute atomic E-state index is 12.0. The second kappa shape index (κ2) is 7.73. The Kier molecular flexibility index (Phi) is 4.99. The van der Waals surface area contributed by atoms with E-state index in [1.54, 1.807) is 6.20 Å². The summed E-state index contributed by atoms with van der Waals surface area (Å²) >= 11 is 0. The van der Waals surface area contributed by atoms with E-state index in [1.807, 2.05) is 24.3 Å². The van der Waals surface area contributed by atoms with E-state index in [1.165, 1.54) is 21.9 Å². The molecule has 2 unspecified atom stereocenters. The van der Waals surface area contributed by atoms with E-state index >= 15 is 0 Å². The van der Waals surface area contributed by atoms with Gasteiger partial charge in [0, 0.05) is 22.9 Å². The number of H-pyrrole nitrogens is 1. The van der Waals surface area contributed by atoms with Crippen molar-refractivity contribution < 1.29 is 0 Å². The summed E-state index contributed by atoms with van der Waals surface area (Å²) in [6.45, 7) is 0. The van der Waals surface area contributed by atoms with Crippen molar-refractivity contribution in [3.63, 3.8) is 0 Å². The zero-order valence-corrected chi connectivity index (χ0v) is 18.3. The first-order valence-electron chi connectivity index (χ1n) is 10.7. The summed E-state index contributed by atoms with van der Waals surface area (Å²) in [5.41, 5.74) is 10.3. The van der Waals surface area contributed by atoms with Crippen LogP contribution in [0, 0.1) is 0 Å². The highest BCUT2D eigenvalue weighted by molar-refractivity contribution is 5.85. The van der Waals surface area contributed by atoms with Gasteiger partial charge in [0.15, 0.2) is 5.65 Å². The number of nitrogens with one attached hydrogen (secondary N) is 1. The third kappa shape index (κ3) is 3.18. The first-order chi connectivity index (χ1) is 15.1. The second-order valence-corrected chi connectivity index (χ2v) is 8.65. The molecule has 3 heterocycles. The van der Waals surface area contributed by atoms with Crippen LogP contribution in [0.2, 0.25) is 0 Å². The maximum atomic E-state index is 12.0. The molecule has 6 nitrogen and oxygen atoms in total. The molecule has 2 aromatic carbocycles. The molecule has 1 aliphatic carbocycles. The van der Waals surface area contributed by atoms with Crippen LogP contribution >= 0.6 is 12.4 Å². The van der Waals surface area contributed by atoms with Gasteiger partial charge in [0.2, 0.25) is 0 Å². The topological polar surface area (TPSA) is 88.5 Å².